The standard InChI is InChI=1S/C24H31ClN2O2/c1-23(2)17-27(22(28)26-21-12-14-29-24(3,4)16-21)13-11-19(23)9-5-7-18-8-6-10-20(25)15-18/h6,8-10,15,21H,11-14,16-17H2,1-4H3,(H,26,28)/b19-9+/t21-/m0/s1. The van der Waals surface area contributed by atoms with Gasteiger partial charge in [0, 0.05) is 41.7 Å². The predicted molar refractivity (Wildman–Crippen MR) is 118 cm³/mol. The van der Waals surface area contributed by atoms with Gasteiger partial charge in [-0.1, -0.05) is 48.9 Å². The van der Waals surface area contributed by atoms with Crippen molar-refractivity contribution in [1.82, 2.24) is 10.2 Å². The number of rotatable bonds is 1. The zero-order chi connectivity index (χ0) is 21.1. The van der Waals surface area contributed by atoms with Gasteiger partial charge >= 0.3 is 6.03 Å². The van der Waals surface area contributed by atoms with Crippen molar-refractivity contribution in [3.63, 3.8) is 0 Å². The summed E-state index contributed by atoms with van der Waals surface area (Å²) in [4.78, 5) is 14.8. The Balaban J connectivity index is 1.60. The van der Waals surface area contributed by atoms with Gasteiger partial charge in [0.2, 0.25) is 0 Å². The Morgan fingerprint density at radius 3 is 2.83 bits per heavy atom. The molecular formula is C24H31ClN2O2. The van der Waals surface area contributed by atoms with Crippen LogP contribution >= 0.6 is 11.6 Å². The SMILES string of the molecule is CC1(C)C[C@@H](NC(=O)N2CC/C(=C\C#Cc3cccc(Cl)c3)C(C)(C)C2)CCO1. The lowest BCUT2D eigenvalue weighted by atomic mass is 9.79. The Labute approximate surface area is 179 Å². The first-order chi connectivity index (χ1) is 13.6. The molecule has 2 amide bonds. The van der Waals surface area contributed by atoms with E-state index < -0.39 is 0 Å². The number of urea groups is 1. The molecule has 5 heteroatoms. The van der Waals surface area contributed by atoms with Gasteiger partial charge in [0.15, 0.2) is 0 Å². The van der Waals surface area contributed by atoms with Gasteiger partial charge in [0.1, 0.15) is 0 Å². The number of hydrogen-bond donors (Lipinski definition) is 1. The fraction of sp³-hybridized carbons (Fsp3) is 0.542. The van der Waals surface area contributed by atoms with E-state index >= 15 is 0 Å². The summed E-state index contributed by atoms with van der Waals surface area (Å²) in [5.74, 6) is 6.32. The highest BCUT2D eigenvalue weighted by Crippen LogP contribution is 2.34. The summed E-state index contributed by atoms with van der Waals surface area (Å²) in [5.41, 5.74) is 1.91. The van der Waals surface area contributed by atoms with E-state index in [-0.39, 0.29) is 23.1 Å². The van der Waals surface area contributed by atoms with Crippen LogP contribution in [0.25, 0.3) is 0 Å². The van der Waals surface area contributed by atoms with Crippen LogP contribution < -0.4 is 5.32 Å². The number of nitrogens with one attached hydrogen (secondary N) is 1. The molecule has 3 rings (SSSR count). The highest BCUT2D eigenvalue weighted by molar-refractivity contribution is 6.30. The normalized spacial score (nSPS) is 24.5. The van der Waals surface area contributed by atoms with Crippen molar-refractivity contribution in [3.8, 4) is 11.8 Å². The van der Waals surface area contributed by atoms with Crippen molar-refractivity contribution in [2.24, 2.45) is 5.41 Å². The highest BCUT2D eigenvalue weighted by atomic mass is 35.5. The van der Waals surface area contributed by atoms with Gasteiger partial charge in [-0.25, -0.2) is 4.79 Å². The summed E-state index contributed by atoms with van der Waals surface area (Å²) in [5, 5.41) is 3.91. The van der Waals surface area contributed by atoms with Crippen LogP contribution in [0.2, 0.25) is 5.02 Å². The van der Waals surface area contributed by atoms with Gasteiger partial charge in [0.05, 0.1) is 5.60 Å². The fourth-order valence-electron chi connectivity index (χ4n) is 4.09. The number of hydrogen-bond acceptors (Lipinski definition) is 2. The van der Waals surface area contributed by atoms with Crippen LogP contribution in [0.4, 0.5) is 4.79 Å². The number of carbonyl (C=O) groups is 1. The average Bonchev–Trinajstić information content (AvgIpc) is 2.62. The van der Waals surface area contributed by atoms with E-state index in [9.17, 15) is 4.79 Å². The third-order valence-corrected chi connectivity index (χ3v) is 5.94. The smallest absolute Gasteiger partial charge is 0.317 e. The Morgan fingerprint density at radius 2 is 2.14 bits per heavy atom. The van der Waals surface area contributed by atoms with Gasteiger partial charge in [-0.05, 0) is 57.4 Å². The number of piperidine rings is 1. The number of ether oxygens (including phenoxy) is 1. The summed E-state index contributed by atoms with van der Waals surface area (Å²) >= 11 is 6.02. The van der Waals surface area contributed by atoms with E-state index in [0.717, 1.165) is 24.8 Å². The quantitative estimate of drug-likeness (QED) is 0.655. The average molecular weight is 415 g/mol. The summed E-state index contributed by atoms with van der Waals surface area (Å²) in [6.45, 7) is 10.6. The molecule has 2 aliphatic rings. The van der Waals surface area contributed by atoms with Gasteiger partial charge in [0.25, 0.3) is 0 Å². The topological polar surface area (TPSA) is 41.6 Å². The summed E-state index contributed by atoms with van der Waals surface area (Å²) in [6.07, 6.45) is 4.57. The molecule has 2 aliphatic heterocycles. The molecule has 2 saturated heterocycles. The number of benzene rings is 1. The van der Waals surface area contributed by atoms with Gasteiger partial charge < -0.3 is 15.0 Å². The second-order valence-electron chi connectivity index (χ2n) is 9.25. The largest absolute Gasteiger partial charge is 0.375 e. The van der Waals surface area contributed by atoms with Gasteiger partial charge in [-0.2, -0.15) is 0 Å². The first kappa shape index (κ1) is 21.7. The van der Waals surface area contributed by atoms with Crippen LogP contribution in [0.3, 0.4) is 0 Å². The predicted octanol–water partition coefficient (Wildman–Crippen LogP) is 5.02. The van der Waals surface area contributed by atoms with Crippen molar-refractivity contribution in [2.75, 3.05) is 19.7 Å². The molecule has 1 N–H and O–H groups in total. The molecule has 0 bridgehead atoms. The molecule has 4 nitrogen and oxygen atoms in total. The van der Waals surface area contributed by atoms with Crippen LogP contribution in [-0.4, -0.2) is 42.3 Å². The van der Waals surface area contributed by atoms with E-state index in [0.29, 0.717) is 24.7 Å². The lowest BCUT2D eigenvalue weighted by molar-refractivity contribution is -0.0616. The minimum atomic E-state index is -0.172. The van der Waals surface area contributed by atoms with Crippen molar-refractivity contribution < 1.29 is 9.53 Å². The Hall–Kier alpha value is -1.96. The number of allylic oxidation sites excluding steroid dienone is 1. The van der Waals surface area contributed by atoms with Gasteiger partial charge in [-0.15, -0.1) is 0 Å². The number of amides is 2. The molecule has 1 aromatic carbocycles. The molecule has 2 heterocycles. The number of carbonyl (C=O) groups excluding carboxylic acids is 1. The summed E-state index contributed by atoms with van der Waals surface area (Å²) in [7, 11) is 0. The third-order valence-electron chi connectivity index (χ3n) is 5.71. The molecule has 1 aromatic rings. The maximum atomic E-state index is 12.8. The zero-order valence-electron chi connectivity index (χ0n) is 17.8. The Morgan fingerprint density at radius 1 is 1.34 bits per heavy atom. The minimum Gasteiger partial charge on any atom is -0.375 e. The number of halogens is 1. The molecule has 0 aromatic heterocycles. The van der Waals surface area contributed by atoms with E-state index in [4.69, 9.17) is 16.3 Å². The van der Waals surface area contributed by atoms with Crippen LogP contribution in [-0.2, 0) is 4.74 Å². The van der Waals surface area contributed by atoms with Crippen molar-refractivity contribution in [1.29, 1.82) is 0 Å². The monoisotopic (exact) mass is 414 g/mol. The molecule has 0 spiro atoms. The maximum absolute atomic E-state index is 12.8. The molecule has 1 atom stereocenters. The van der Waals surface area contributed by atoms with Crippen LogP contribution in [0.15, 0.2) is 35.9 Å². The van der Waals surface area contributed by atoms with E-state index in [2.05, 4.69) is 44.9 Å². The second kappa shape index (κ2) is 8.81. The number of likely N-dealkylation sites (tertiary alicyclic amines) is 1. The van der Waals surface area contributed by atoms with Crippen molar-refractivity contribution in [3.05, 3.63) is 46.5 Å². The Bertz CT molecular complexity index is 848. The second-order valence-corrected chi connectivity index (χ2v) is 9.69. The molecule has 0 unspecified atom stereocenters. The van der Waals surface area contributed by atoms with Crippen LogP contribution in [0.1, 0.15) is 52.5 Å². The third kappa shape index (κ3) is 6.01. The lowest BCUT2D eigenvalue weighted by Gasteiger charge is -2.41. The van der Waals surface area contributed by atoms with Crippen molar-refractivity contribution >= 4 is 17.6 Å². The van der Waals surface area contributed by atoms with E-state index in [1.807, 2.05) is 35.2 Å². The minimum absolute atomic E-state index is 0.0323. The summed E-state index contributed by atoms with van der Waals surface area (Å²) < 4.78 is 5.75. The molecule has 0 aliphatic carbocycles. The molecule has 2 fully saturated rings. The van der Waals surface area contributed by atoms with Crippen molar-refractivity contribution in [2.45, 2.75) is 58.6 Å². The maximum Gasteiger partial charge on any atom is 0.317 e. The summed E-state index contributed by atoms with van der Waals surface area (Å²) in [6, 6.07) is 7.77. The Kier molecular flexibility index (Phi) is 6.61. The molecular weight excluding hydrogens is 384 g/mol. The first-order valence-corrected chi connectivity index (χ1v) is 10.7. The molecule has 0 radical (unpaired) electrons. The molecule has 0 saturated carbocycles. The van der Waals surface area contributed by atoms with E-state index in [1.54, 1.807) is 0 Å². The lowest BCUT2D eigenvalue weighted by Crippen LogP contribution is -2.53. The van der Waals surface area contributed by atoms with Gasteiger partial charge in [-0.3, -0.25) is 0 Å². The van der Waals surface area contributed by atoms with E-state index in [1.165, 1.54) is 5.57 Å². The number of nitrogens with zero attached hydrogens (tertiary/aromatic N) is 1. The molecule has 156 valence electrons. The molecule has 29 heavy (non-hydrogen) atoms. The zero-order valence-corrected chi connectivity index (χ0v) is 18.6. The van der Waals surface area contributed by atoms with Crippen LogP contribution in [0, 0.1) is 17.3 Å². The first-order valence-electron chi connectivity index (χ1n) is 10.3. The highest BCUT2D eigenvalue weighted by Gasteiger charge is 2.35. The van der Waals surface area contributed by atoms with Crippen LogP contribution in [0.5, 0.6) is 0 Å². The fourth-order valence-corrected chi connectivity index (χ4v) is 4.28.